The molecule has 0 aliphatic carbocycles. The van der Waals surface area contributed by atoms with Gasteiger partial charge < -0.3 is 24.1 Å². The summed E-state index contributed by atoms with van der Waals surface area (Å²) in [6.45, 7) is 0.293. The van der Waals surface area contributed by atoms with E-state index < -0.39 is 0 Å². The van der Waals surface area contributed by atoms with Crippen LogP contribution in [0.25, 0.3) is 11.0 Å². The van der Waals surface area contributed by atoms with E-state index in [0.717, 1.165) is 16.9 Å². The first kappa shape index (κ1) is 17.6. The molecule has 1 heterocycles. The SMILES string of the molecule is COc1ccc(C(=O)NCc2nc3ccccc3n2C)c(OC)c1OC. The number of amides is 1. The second kappa shape index (κ2) is 7.35. The lowest BCUT2D eigenvalue weighted by Crippen LogP contribution is -2.25. The molecule has 3 aromatic rings. The lowest BCUT2D eigenvalue weighted by molar-refractivity contribution is 0.0946. The Morgan fingerprint density at radius 3 is 2.42 bits per heavy atom. The molecule has 0 aliphatic heterocycles. The normalized spacial score (nSPS) is 10.6. The highest BCUT2D eigenvalue weighted by Gasteiger charge is 2.21. The van der Waals surface area contributed by atoms with Crippen LogP contribution in [-0.2, 0) is 13.6 Å². The molecular weight excluding hydrogens is 334 g/mol. The Balaban J connectivity index is 1.85. The number of benzene rings is 2. The lowest BCUT2D eigenvalue weighted by Gasteiger charge is -2.15. The van der Waals surface area contributed by atoms with E-state index in [1.807, 2.05) is 35.9 Å². The van der Waals surface area contributed by atoms with Gasteiger partial charge in [0.05, 0.1) is 44.5 Å². The van der Waals surface area contributed by atoms with E-state index in [1.54, 1.807) is 12.1 Å². The highest BCUT2D eigenvalue weighted by Crippen LogP contribution is 2.39. The molecule has 0 aliphatic rings. The summed E-state index contributed by atoms with van der Waals surface area (Å²) in [6.07, 6.45) is 0. The molecule has 0 bridgehead atoms. The quantitative estimate of drug-likeness (QED) is 0.735. The highest BCUT2D eigenvalue weighted by atomic mass is 16.5. The smallest absolute Gasteiger partial charge is 0.255 e. The fraction of sp³-hybridized carbons (Fsp3) is 0.263. The van der Waals surface area contributed by atoms with Crippen molar-refractivity contribution in [1.82, 2.24) is 14.9 Å². The predicted molar refractivity (Wildman–Crippen MR) is 98.0 cm³/mol. The van der Waals surface area contributed by atoms with Gasteiger partial charge in [-0.25, -0.2) is 4.98 Å². The van der Waals surface area contributed by atoms with Gasteiger partial charge in [0.15, 0.2) is 11.5 Å². The van der Waals surface area contributed by atoms with Crippen LogP contribution in [0.15, 0.2) is 36.4 Å². The minimum Gasteiger partial charge on any atom is -0.493 e. The van der Waals surface area contributed by atoms with Crippen LogP contribution < -0.4 is 19.5 Å². The number of hydrogen-bond donors (Lipinski definition) is 1. The van der Waals surface area contributed by atoms with Gasteiger partial charge in [0.25, 0.3) is 5.91 Å². The second-order valence-electron chi connectivity index (χ2n) is 5.64. The Kier molecular flexibility index (Phi) is 4.97. The Bertz CT molecular complexity index is 949. The molecule has 0 saturated carbocycles. The molecule has 0 spiro atoms. The largest absolute Gasteiger partial charge is 0.493 e. The van der Waals surface area contributed by atoms with Gasteiger partial charge in [0.1, 0.15) is 5.82 Å². The summed E-state index contributed by atoms with van der Waals surface area (Å²) < 4.78 is 17.9. The predicted octanol–water partition coefficient (Wildman–Crippen LogP) is 2.53. The third-order valence-corrected chi connectivity index (χ3v) is 4.24. The number of nitrogens with one attached hydrogen (secondary N) is 1. The summed E-state index contributed by atoms with van der Waals surface area (Å²) in [5.41, 5.74) is 2.27. The molecule has 1 amide bonds. The number of ether oxygens (including phenoxy) is 3. The van der Waals surface area contributed by atoms with Crippen molar-refractivity contribution >= 4 is 16.9 Å². The molecule has 26 heavy (non-hydrogen) atoms. The molecule has 7 nitrogen and oxygen atoms in total. The Morgan fingerprint density at radius 2 is 1.77 bits per heavy atom. The number of nitrogens with zero attached hydrogens (tertiary/aromatic N) is 2. The maximum atomic E-state index is 12.7. The van der Waals surface area contributed by atoms with Crippen LogP contribution in [0.2, 0.25) is 0 Å². The number of carbonyl (C=O) groups excluding carboxylic acids is 1. The molecule has 0 radical (unpaired) electrons. The van der Waals surface area contributed by atoms with Crippen LogP contribution in [-0.4, -0.2) is 36.8 Å². The van der Waals surface area contributed by atoms with Crippen molar-refractivity contribution in [2.75, 3.05) is 21.3 Å². The van der Waals surface area contributed by atoms with Crippen LogP contribution >= 0.6 is 0 Å². The number of methoxy groups -OCH3 is 3. The van der Waals surface area contributed by atoms with Gasteiger partial charge >= 0.3 is 0 Å². The first-order chi connectivity index (χ1) is 12.6. The number of rotatable bonds is 6. The zero-order valence-corrected chi connectivity index (χ0v) is 15.2. The van der Waals surface area contributed by atoms with Gasteiger partial charge in [-0.05, 0) is 24.3 Å². The summed E-state index contributed by atoms with van der Waals surface area (Å²) in [7, 11) is 6.44. The molecule has 1 aromatic heterocycles. The minimum absolute atomic E-state index is 0.283. The maximum absolute atomic E-state index is 12.7. The second-order valence-corrected chi connectivity index (χ2v) is 5.64. The number of para-hydroxylation sites is 2. The van der Waals surface area contributed by atoms with Crippen LogP contribution in [0, 0.1) is 0 Å². The molecular formula is C19H21N3O4. The Morgan fingerprint density at radius 1 is 1.04 bits per heavy atom. The third-order valence-electron chi connectivity index (χ3n) is 4.24. The van der Waals surface area contributed by atoms with E-state index in [9.17, 15) is 4.79 Å². The first-order valence-electron chi connectivity index (χ1n) is 8.08. The fourth-order valence-electron chi connectivity index (χ4n) is 2.89. The number of fused-ring (bicyclic) bond motifs is 1. The minimum atomic E-state index is -0.283. The molecule has 136 valence electrons. The van der Waals surface area contributed by atoms with E-state index in [-0.39, 0.29) is 5.91 Å². The summed E-state index contributed by atoms with van der Waals surface area (Å²) in [6, 6.07) is 11.1. The summed E-state index contributed by atoms with van der Waals surface area (Å²) >= 11 is 0. The molecule has 0 unspecified atom stereocenters. The van der Waals surface area contributed by atoms with Gasteiger partial charge in [0.2, 0.25) is 5.75 Å². The van der Waals surface area contributed by atoms with E-state index in [1.165, 1.54) is 21.3 Å². The Labute approximate surface area is 151 Å². The van der Waals surface area contributed by atoms with Gasteiger partial charge in [0, 0.05) is 7.05 Å². The van der Waals surface area contributed by atoms with Crippen molar-refractivity contribution in [1.29, 1.82) is 0 Å². The summed E-state index contributed by atoms with van der Waals surface area (Å²) in [5, 5.41) is 2.88. The molecule has 0 atom stereocenters. The lowest BCUT2D eigenvalue weighted by atomic mass is 10.1. The van der Waals surface area contributed by atoms with E-state index in [4.69, 9.17) is 14.2 Å². The molecule has 0 saturated heterocycles. The van der Waals surface area contributed by atoms with Crippen LogP contribution in [0.1, 0.15) is 16.2 Å². The zero-order valence-electron chi connectivity index (χ0n) is 15.2. The molecule has 3 rings (SSSR count). The van der Waals surface area contributed by atoms with Crippen molar-refractivity contribution in [3.05, 3.63) is 47.8 Å². The zero-order chi connectivity index (χ0) is 18.7. The van der Waals surface area contributed by atoms with Crippen molar-refractivity contribution in [2.45, 2.75) is 6.54 Å². The summed E-state index contributed by atoms with van der Waals surface area (Å²) in [4.78, 5) is 17.2. The van der Waals surface area contributed by atoms with E-state index >= 15 is 0 Å². The Hall–Kier alpha value is -3.22. The number of hydrogen-bond acceptors (Lipinski definition) is 5. The van der Waals surface area contributed by atoms with Crippen molar-refractivity contribution in [3.63, 3.8) is 0 Å². The van der Waals surface area contributed by atoms with E-state index in [2.05, 4.69) is 10.3 Å². The topological polar surface area (TPSA) is 74.6 Å². The number of aryl methyl sites for hydroxylation is 1. The van der Waals surface area contributed by atoms with Crippen LogP contribution in [0.5, 0.6) is 17.2 Å². The fourth-order valence-corrected chi connectivity index (χ4v) is 2.89. The average Bonchev–Trinajstić information content (AvgIpc) is 3.00. The van der Waals surface area contributed by atoms with Gasteiger partial charge in [-0.1, -0.05) is 12.1 Å². The standard InChI is InChI=1S/C19H21N3O4/c1-22-14-8-6-5-7-13(14)21-16(22)11-20-19(23)12-9-10-15(24-2)18(26-4)17(12)25-3/h5-10H,11H2,1-4H3,(H,20,23). The number of carbonyl (C=O) groups is 1. The summed E-state index contributed by atoms with van der Waals surface area (Å²) in [5.74, 6) is 1.69. The van der Waals surface area contributed by atoms with Crippen LogP contribution in [0.3, 0.4) is 0 Å². The molecule has 1 N–H and O–H groups in total. The van der Waals surface area contributed by atoms with Crippen molar-refractivity contribution in [3.8, 4) is 17.2 Å². The molecule has 7 heteroatoms. The van der Waals surface area contributed by atoms with Crippen LogP contribution in [0.4, 0.5) is 0 Å². The average molecular weight is 355 g/mol. The van der Waals surface area contributed by atoms with Gasteiger partial charge in [-0.2, -0.15) is 0 Å². The van der Waals surface area contributed by atoms with Gasteiger partial charge in [-0.3, -0.25) is 4.79 Å². The van der Waals surface area contributed by atoms with E-state index in [0.29, 0.717) is 29.4 Å². The van der Waals surface area contributed by atoms with Gasteiger partial charge in [-0.15, -0.1) is 0 Å². The maximum Gasteiger partial charge on any atom is 0.255 e. The van der Waals surface area contributed by atoms with Crippen molar-refractivity contribution < 1.29 is 19.0 Å². The third kappa shape index (κ3) is 3.03. The molecule has 0 fully saturated rings. The monoisotopic (exact) mass is 355 g/mol. The van der Waals surface area contributed by atoms with Crippen molar-refractivity contribution in [2.24, 2.45) is 7.05 Å². The number of imidazole rings is 1. The molecule has 2 aromatic carbocycles. The first-order valence-corrected chi connectivity index (χ1v) is 8.08. The number of aromatic nitrogens is 2. The highest BCUT2D eigenvalue weighted by molar-refractivity contribution is 5.98.